The number of nitrogens with two attached hydrogens (primary N) is 1. The number of amides is 1. The summed E-state index contributed by atoms with van der Waals surface area (Å²) >= 11 is 0. The number of carbonyl (C=O) groups is 1. The molecule has 0 spiro atoms. The zero-order valence-corrected chi connectivity index (χ0v) is 10.6. The van der Waals surface area contributed by atoms with Crippen LogP contribution in [0.3, 0.4) is 0 Å². The second kappa shape index (κ2) is 5.56. The van der Waals surface area contributed by atoms with Crippen LogP contribution in [0.4, 0.5) is 0 Å². The summed E-state index contributed by atoms with van der Waals surface area (Å²) < 4.78 is 5.44. The van der Waals surface area contributed by atoms with Crippen LogP contribution in [0.5, 0.6) is 0 Å². The Bertz CT molecular complexity index is 345. The first-order chi connectivity index (χ1) is 8.63. The van der Waals surface area contributed by atoms with Gasteiger partial charge in [-0.2, -0.15) is 0 Å². The smallest absolute Gasteiger partial charge is 0.249 e. The van der Waals surface area contributed by atoms with Crippen LogP contribution in [0, 0.1) is 11.8 Å². The highest BCUT2D eigenvalue weighted by molar-refractivity contribution is 5.86. The third kappa shape index (κ3) is 2.58. The molecule has 0 aromatic rings. The lowest BCUT2D eigenvalue weighted by Crippen LogP contribution is -2.47. The molecule has 18 heavy (non-hydrogen) atoms. The van der Waals surface area contributed by atoms with Crippen LogP contribution in [0.1, 0.15) is 32.6 Å². The van der Waals surface area contributed by atoms with Crippen LogP contribution < -0.4 is 11.1 Å². The predicted molar refractivity (Wildman–Crippen MR) is 66.2 cm³/mol. The predicted octanol–water partition coefficient (Wildman–Crippen LogP) is 0.443. The van der Waals surface area contributed by atoms with Gasteiger partial charge in [-0.3, -0.25) is 4.79 Å². The molecule has 1 saturated heterocycles. The minimum atomic E-state index is -0.349. The Morgan fingerprint density at radius 3 is 2.83 bits per heavy atom. The monoisotopic (exact) mass is 255 g/mol. The first-order valence-electron chi connectivity index (χ1n) is 6.53. The Morgan fingerprint density at radius 1 is 1.44 bits per heavy atom. The van der Waals surface area contributed by atoms with Crippen molar-refractivity contribution in [3.05, 3.63) is 0 Å². The van der Waals surface area contributed by atoms with Crippen LogP contribution in [0.25, 0.3) is 0 Å². The van der Waals surface area contributed by atoms with Crippen molar-refractivity contribution in [1.82, 2.24) is 5.32 Å². The van der Waals surface area contributed by atoms with Crippen molar-refractivity contribution in [2.24, 2.45) is 22.7 Å². The molecule has 0 radical (unpaired) electrons. The molecule has 2 fully saturated rings. The fourth-order valence-corrected chi connectivity index (χ4v) is 2.86. The van der Waals surface area contributed by atoms with Gasteiger partial charge in [-0.1, -0.05) is 18.5 Å². The van der Waals surface area contributed by atoms with E-state index in [9.17, 15) is 4.79 Å². The molecule has 4 unspecified atom stereocenters. The van der Waals surface area contributed by atoms with Crippen molar-refractivity contribution < 1.29 is 14.7 Å². The van der Waals surface area contributed by atoms with Gasteiger partial charge in [0.1, 0.15) is 11.9 Å². The zero-order chi connectivity index (χ0) is 13.1. The molecule has 4 N–H and O–H groups in total. The molecule has 2 rings (SSSR count). The standard InChI is InChI=1S/C12H21N3O3/c1-7-5-6-18-10(7)12(16)14-9-4-2-3-8(9)11(13)15-17/h7-10,17H,2-6H2,1H3,(H2,13,15)(H,14,16). The molecule has 0 aromatic carbocycles. The van der Waals surface area contributed by atoms with E-state index in [-0.39, 0.29) is 35.7 Å². The minimum Gasteiger partial charge on any atom is -0.409 e. The SMILES string of the molecule is CC1CCOC1C(=O)NC1CCCC1C(N)=NO. The van der Waals surface area contributed by atoms with Gasteiger partial charge in [-0.05, 0) is 25.2 Å². The van der Waals surface area contributed by atoms with Crippen LogP contribution in [0.2, 0.25) is 0 Å². The summed E-state index contributed by atoms with van der Waals surface area (Å²) in [4.78, 5) is 12.1. The maximum absolute atomic E-state index is 12.1. The van der Waals surface area contributed by atoms with E-state index in [0.29, 0.717) is 6.61 Å². The van der Waals surface area contributed by atoms with Crippen LogP contribution in [-0.2, 0) is 9.53 Å². The molecule has 102 valence electrons. The summed E-state index contributed by atoms with van der Waals surface area (Å²) in [5.74, 6) is 0.338. The number of oxime groups is 1. The van der Waals surface area contributed by atoms with Gasteiger partial charge in [0.15, 0.2) is 0 Å². The lowest BCUT2D eigenvalue weighted by Gasteiger charge is -2.22. The normalized spacial score (nSPS) is 36.8. The first kappa shape index (κ1) is 13.1. The third-order valence-electron chi connectivity index (χ3n) is 3.98. The highest BCUT2D eigenvalue weighted by atomic mass is 16.5. The average molecular weight is 255 g/mol. The van der Waals surface area contributed by atoms with E-state index in [1.54, 1.807) is 0 Å². The van der Waals surface area contributed by atoms with Gasteiger partial charge in [-0.25, -0.2) is 0 Å². The topological polar surface area (TPSA) is 96.9 Å². The van der Waals surface area contributed by atoms with Crippen molar-refractivity contribution in [3.63, 3.8) is 0 Å². The summed E-state index contributed by atoms with van der Waals surface area (Å²) in [6.07, 6.45) is 3.27. The largest absolute Gasteiger partial charge is 0.409 e. The summed E-state index contributed by atoms with van der Waals surface area (Å²) in [5.41, 5.74) is 5.64. The Hall–Kier alpha value is -1.30. The van der Waals surface area contributed by atoms with E-state index in [4.69, 9.17) is 15.7 Å². The molecule has 1 saturated carbocycles. The van der Waals surface area contributed by atoms with Crippen molar-refractivity contribution in [2.75, 3.05) is 6.61 Å². The maximum Gasteiger partial charge on any atom is 0.249 e. The van der Waals surface area contributed by atoms with Gasteiger partial charge < -0.3 is 21.0 Å². The molecule has 6 nitrogen and oxygen atoms in total. The van der Waals surface area contributed by atoms with Crippen molar-refractivity contribution >= 4 is 11.7 Å². The van der Waals surface area contributed by atoms with Crippen molar-refractivity contribution in [1.29, 1.82) is 0 Å². The molecular formula is C12H21N3O3. The molecule has 2 aliphatic rings. The maximum atomic E-state index is 12.1. The highest BCUT2D eigenvalue weighted by Gasteiger charge is 2.36. The molecule has 1 heterocycles. The van der Waals surface area contributed by atoms with Crippen molar-refractivity contribution in [3.8, 4) is 0 Å². The van der Waals surface area contributed by atoms with Gasteiger partial charge in [-0.15, -0.1) is 0 Å². The van der Waals surface area contributed by atoms with E-state index >= 15 is 0 Å². The molecule has 1 aliphatic carbocycles. The molecule has 1 amide bonds. The Labute approximate surface area is 107 Å². The van der Waals surface area contributed by atoms with Gasteiger partial charge in [0.25, 0.3) is 0 Å². The van der Waals surface area contributed by atoms with Crippen LogP contribution in [-0.4, -0.2) is 35.7 Å². The third-order valence-corrected chi connectivity index (χ3v) is 3.98. The van der Waals surface area contributed by atoms with Crippen molar-refractivity contribution in [2.45, 2.75) is 44.8 Å². The second-order valence-electron chi connectivity index (χ2n) is 5.23. The molecule has 1 aliphatic heterocycles. The van der Waals surface area contributed by atoms with Crippen LogP contribution in [0.15, 0.2) is 5.16 Å². The number of nitrogens with zero attached hydrogens (tertiary/aromatic N) is 1. The molecule has 6 heteroatoms. The average Bonchev–Trinajstić information content (AvgIpc) is 2.97. The van der Waals surface area contributed by atoms with Gasteiger partial charge in [0, 0.05) is 18.6 Å². The fourth-order valence-electron chi connectivity index (χ4n) is 2.86. The van der Waals surface area contributed by atoms with E-state index < -0.39 is 0 Å². The molecule has 0 aromatic heterocycles. The molecule has 0 bridgehead atoms. The summed E-state index contributed by atoms with van der Waals surface area (Å²) in [6, 6.07) is -0.0372. The van der Waals surface area contributed by atoms with Gasteiger partial charge >= 0.3 is 0 Å². The number of nitrogens with one attached hydrogen (secondary N) is 1. The molecule has 4 atom stereocenters. The van der Waals surface area contributed by atoms with E-state index in [1.807, 2.05) is 6.92 Å². The number of amidine groups is 1. The fraction of sp³-hybridized carbons (Fsp3) is 0.833. The number of rotatable bonds is 3. The van der Waals surface area contributed by atoms with Gasteiger partial charge in [0.2, 0.25) is 5.91 Å². The second-order valence-corrected chi connectivity index (χ2v) is 5.23. The summed E-state index contributed by atoms with van der Waals surface area (Å²) in [5, 5.41) is 14.8. The summed E-state index contributed by atoms with van der Waals surface area (Å²) in [7, 11) is 0. The zero-order valence-electron chi connectivity index (χ0n) is 10.6. The first-order valence-corrected chi connectivity index (χ1v) is 6.53. The highest BCUT2D eigenvalue weighted by Crippen LogP contribution is 2.27. The van der Waals surface area contributed by atoms with Gasteiger partial charge in [0.05, 0.1) is 0 Å². The number of hydrogen-bond acceptors (Lipinski definition) is 4. The van der Waals surface area contributed by atoms with Crippen LogP contribution >= 0.6 is 0 Å². The summed E-state index contributed by atoms with van der Waals surface area (Å²) in [6.45, 7) is 2.67. The minimum absolute atomic E-state index is 0.0372. The lowest BCUT2D eigenvalue weighted by atomic mass is 10.00. The number of ether oxygens (including phenoxy) is 1. The molecular weight excluding hydrogens is 234 g/mol. The van der Waals surface area contributed by atoms with E-state index in [0.717, 1.165) is 25.7 Å². The number of hydrogen-bond donors (Lipinski definition) is 3. The number of carbonyl (C=O) groups excluding carboxylic acids is 1. The Balaban J connectivity index is 1.94. The van der Waals surface area contributed by atoms with E-state index in [1.165, 1.54) is 0 Å². The lowest BCUT2D eigenvalue weighted by molar-refractivity contribution is -0.132. The van der Waals surface area contributed by atoms with E-state index in [2.05, 4.69) is 10.5 Å². The Morgan fingerprint density at radius 2 is 2.22 bits per heavy atom. The Kier molecular flexibility index (Phi) is 4.06. The quantitative estimate of drug-likeness (QED) is 0.295.